The van der Waals surface area contributed by atoms with Crippen molar-refractivity contribution in [1.29, 1.82) is 0 Å². The van der Waals surface area contributed by atoms with E-state index in [1.54, 1.807) is 0 Å². The maximum absolute atomic E-state index is 12.2. The molecule has 0 aliphatic rings. The van der Waals surface area contributed by atoms with Crippen LogP contribution in [-0.4, -0.2) is 37.0 Å². The van der Waals surface area contributed by atoms with Gasteiger partial charge in [-0.3, -0.25) is 4.79 Å². The first-order valence-corrected chi connectivity index (χ1v) is 19.9. The van der Waals surface area contributed by atoms with Crippen LogP contribution in [0.15, 0.2) is 24.3 Å². The number of esters is 1. The monoisotopic (exact) mass is 635 g/mol. The molecule has 0 saturated carbocycles. The average Bonchev–Trinajstić information content (AvgIpc) is 3.05. The van der Waals surface area contributed by atoms with Crippen LogP contribution in [0.4, 0.5) is 0 Å². The minimum atomic E-state index is -0.534. The van der Waals surface area contributed by atoms with Gasteiger partial charge in [0.2, 0.25) is 0 Å². The highest BCUT2D eigenvalue weighted by atomic mass is 16.6. The number of unbranched alkanes of at least 4 members (excludes halogenated alkanes) is 25. The van der Waals surface area contributed by atoms with Crippen molar-refractivity contribution in [3.05, 3.63) is 24.3 Å². The first-order chi connectivity index (χ1) is 22.2. The highest BCUT2D eigenvalue weighted by Crippen LogP contribution is 2.14. The van der Waals surface area contributed by atoms with E-state index in [1.165, 1.54) is 161 Å². The number of aliphatic hydroxyl groups is 1. The normalized spacial score (nSPS) is 12.5. The predicted octanol–water partition coefficient (Wildman–Crippen LogP) is 12.8. The Balaban J connectivity index is 3.43. The minimum Gasteiger partial charge on any atom is -0.457 e. The Hall–Kier alpha value is -1.13. The van der Waals surface area contributed by atoms with Gasteiger partial charge in [0.25, 0.3) is 0 Å². The van der Waals surface area contributed by atoms with Gasteiger partial charge in [-0.15, -0.1) is 0 Å². The largest absolute Gasteiger partial charge is 0.457 e. The van der Waals surface area contributed by atoms with Gasteiger partial charge in [-0.05, 0) is 44.9 Å². The van der Waals surface area contributed by atoms with Crippen molar-refractivity contribution in [2.24, 2.45) is 0 Å². The van der Waals surface area contributed by atoms with Gasteiger partial charge in [0.15, 0.2) is 0 Å². The second-order valence-electron chi connectivity index (χ2n) is 13.4. The number of hydrogen-bond donors (Lipinski definition) is 1. The number of hydrogen-bond acceptors (Lipinski definition) is 4. The summed E-state index contributed by atoms with van der Waals surface area (Å²) in [4.78, 5) is 12.2. The second-order valence-corrected chi connectivity index (χ2v) is 13.4. The number of carbonyl (C=O) groups is 1. The lowest BCUT2D eigenvalue weighted by Gasteiger charge is -2.15. The first kappa shape index (κ1) is 43.9. The molecule has 4 heteroatoms. The van der Waals surface area contributed by atoms with E-state index in [0.717, 1.165) is 25.7 Å². The summed E-state index contributed by atoms with van der Waals surface area (Å²) in [7, 11) is 0. The maximum Gasteiger partial charge on any atom is 0.306 e. The van der Waals surface area contributed by atoms with Crippen molar-refractivity contribution >= 4 is 5.97 Å². The Labute approximate surface area is 281 Å². The lowest BCUT2D eigenvalue weighted by molar-refractivity contribution is -0.154. The van der Waals surface area contributed by atoms with E-state index in [-0.39, 0.29) is 12.6 Å². The van der Waals surface area contributed by atoms with Crippen LogP contribution in [0.5, 0.6) is 0 Å². The van der Waals surface area contributed by atoms with E-state index >= 15 is 0 Å². The zero-order valence-corrected chi connectivity index (χ0v) is 30.4. The van der Waals surface area contributed by atoms with Gasteiger partial charge in [0.1, 0.15) is 6.10 Å². The molecule has 0 spiro atoms. The molecule has 0 saturated heterocycles. The predicted molar refractivity (Wildman–Crippen MR) is 196 cm³/mol. The summed E-state index contributed by atoms with van der Waals surface area (Å²) >= 11 is 0. The number of aliphatic hydroxyl groups excluding tert-OH is 1. The standard InChI is InChI=1S/C41H78O4/c1-3-5-7-9-11-13-15-17-19-21-23-25-27-29-31-33-35-37-44-39-40(38-42)45-41(43)36-34-32-30-28-26-24-22-20-18-16-14-12-10-8-6-4-2/h13,15,19,21,40,42H,3-12,14,16-18,20,22-39H2,1-2H3/b15-13-,21-19-. The SMILES string of the molecule is CCCCCC/C=C\C/C=C\CCCCCCCCOCC(CO)OC(=O)CCCCCCCCCCCCCCCCCC. The molecule has 0 bridgehead atoms. The maximum atomic E-state index is 12.2. The van der Waals surface area contributed by atoms with Gasteiger partial charge < -0.3 is 14.6 Å². The molecule has 45 heavy (non-hydrogen) atoms. The summed E-state index contributed by atoms with van der Waals surface area (Å²) in [6.45, 7) is 5.33. The van der Waals surface area contributed by atoms with Gasteiger partial charge >= 0.3 is 5.97 Å². The molecule has 0 aromatic carbocycles. The molecule has 0 aromatic rings. The Morgan fingerprint density at radius 1 is 0.533 bits per heavy atom. The molecule has 0 aliphatic carbocycles. The summed E-state index contributed by atoms with van der Waals surface area (Å²) < 4.78 is 11.1. The third kappa shape index (κ3) is 37.2. The van der Waals surface area contributed by atoms with Crippen LogP contribution in [0.3, 0.4) is 0 Å². The smallest absolute Gasteiger partial charge is 0.306 e. The van der Waals surface area contributed by atoms with Crippen molar-refractivity contribution in [2.75, 3.05) is 19.8 Å². The molecular formula is C41H78O4. The summed E-state index contributed by atoms with van der Waals surface area (Å²) in [5.74, 6) is -0.202. The van der Waals surface area contributed by atoms with Gasteiger partial charge in [0.05, 0.1) is 13.2 Å². The van der Waals surface area contributed by atoms with Crippen LogP contribution in [-0.2, 0) is 14.3 Å². The third-order valence-corrected chi connectivity index (χ3v) is 8.78. The first-order valence-electron chi connectivity index (χ1n) is 19.9. The van der Waals surface area contributed by atoms with E-state index in [2.05, 4.69) is 38.2 Å². The Morgan fingerprint density at radius 2 is 0.933 bits per heavy atom. The Kier molecular flexibility index (Phi) is 38.1. The van der Waals surface area contributed by atoms with E-state index in [9.17, 15) is 9.90 Å². The molecule has 1 atom stereocenters. The second kappa shape index (κ2) is 39.1. The lowest BCUT2D eigenvalue weighted by atomic mass is 10.0. The van der Waals surface area contributed by atoms with Crippen LogP contribution in [0.25, 0.3) is 0 Å². The summed E-state index contributed by atoms with van der Waals surface area (Å²) in [5.41, 5.74) is 0. The van der Waals surface area contributed by atoms with Crippen molar-refractivity contribution in [2.45, 2.75) is 213 Å². The van der Waals surface area contributed by atoms with Crippen LogP contribution < -0.4 is 0 Å². The van der Waals surface area contributed by atoms with Crippen molar-refractivity contribution in [3.63, 3.8) is 0 Å². The summed E-state index contributed by atoms with van der Waals surface area (Å²) in [5, 5.41) is 9.57. The van der Waals surface area contributed by atoms with Crippen molar-refractivity contribution in [1.82, 2.24) is 0 Å². The fourth-order valence-corrected chi connectivity index (χ4v) is 5.77. The Morgan fingerprint density at radius 3 is 1.40 bits per heavy atom. The van der Waals surface area contributed by atoms with E-state index in [0.29, 0.717) is 19.6 Å². The molecule has 1 N–H and O–H groups in total. The molecule has 0 heterocycles. The molecule has 0 amide bonds. The van der Waals surface area contributed by atoms with E-state index < -0.39 is 6.10 Å². The van der Waals surface area contributed by atoms with Gasteiger partial charge in [-0.25, -0.2) is 0 Å². The molecule has 0 aromatic heterocycles. The minimum absolute atomic E-state index is 0.172. The number of ether oxygens (including phenoxy) is 2. The molecule has 4 nitrogen and oxygen atoms in total. The quantitative estimate of drug-likeness (QED) is 0.0420. The average molecular weight is 635 g/mol. The molecule has 1 unspecified atom stereocenters. The molecule has 0 rings (SSSR count). The zero-order chi connectivity index (χ0) is 32.7. The number of rotatable bonds is 37. The number of allylic oxidation sites excluding steroid dienone is 4. The zero-order valence-electron chi connectivity index (χ0n) is 30.4. The van der Waals surface area contributed by atoms with Gasteiger partial charge in [-0.2, -0.15) is 0 Å². The summed E-state index contributed by atoms with van der Waals surface area (Å²) in [6.07, 6.45) is 46.5. The fourth-order valence-electron chi connectivity index (χ4n) is 5.77. The topological polar surface area (TPSA) is 55.8 Å². The fraction of sp³-hybridized carbons (Fsp3) is 0.878. The van der Waals surface area contributed by atoms with Crippen LogP contribution >= 0.6 is 0 Å². The van der Waals surface area contributed by atoms with Crippen LogP contribution in [0, 0.1) is 0 Å². The van der Waals surface area contributed by atoms with E-state index in [4.69, 9.17) is 9.47 Å². The lowest BCUT2D eigenvalue weighted by Crippen LogP contribution is -2.27. The molecule has 0 radical (unpaired) electrons. The highest BCUT2D eigenvalue weighted by molar-refractivity contribution is 5.69. The molecular weight excluding hydrogens is 556 g/mol. The summed E-state index contributed by atoms with van der Waals surface area (Å²) in [6, 6.07) is 0. The van der Waals surface area contributed by atoms with Crippen LogP contribution in [0.1, 0.15) is 206 Å². The molecule has 0 fully saturated rings. The third-order valence-electron chi connectivity index (χ3n) is 8.78. The van der Waals surface area contributed by atoms with Crippen molar-refractivity contribution in [3.8, 4) is 0 Å². The van der Waals surface area contributed by atoms with Crippen LogP contribution in [0.2, 0.25) is 0 Å². The van der Waals surface area contributed by atoms with Crippen molar-refractivity contribution < 1.29 is 19.4 Å². The molecule has 266 valence electrons. The van der Waals surface area contributed by atoms with Gasteiger partial charge in [-0.1, -0.05) is 179 Å². The molecule has 0 aliphatic heterocycles. The van der Waals surface area contributed by atoms with E-state index in [1.807, 2.05) is 0 Å². The van der Waals surface area contributed by atoms with Gasteiger partial charge in [0, 0.05) is 13.0 Å². The number of carbonyl (C=O) groups excluding carboxylic acids is 1. The Bertz CT molecular complexity index is 629. The highest BCUT2D eigenvalue weighted by Gasteiger charge is 2.13.